The quantitative estimate of drug-likeness (QED) is 0.752. The first-order valence-corrected chi connectivity index (χ1v) is 9.20. The van der Waals surface area contributed by atoms with Crippen molar-refractivity contribution in [3.05, 3.63) is 46.5 Å². The van der Waals surface area contributed by atoms with Crippen LogP contribution in [0.5, 0.6) is 0 Å². The normalized spacial score (nSPS) is 12.0. The van der Waals surface area contributed by atoms with Crippen LogP contribution in [0.3, 0.4) is 0 Å². The second-order valence-electron chi connectivity index (χ2n) is 5.81. The lowest BCUT2D eigenvalue weighted by molar-refractivity contribution is 0.315. The molecule has 1 heterocycles. The number of fused-ring (bicyclic) bond motifs is 1. The van der Waals surface area contributed by atoms with E-state index in [0.717, 1.165) is 11.1 Å². The van der Waals surface area contributed by atoms with Crippen LogP contribution in [-0.2, 0) is 10.0 Å². The summed E-state index contributed by atoms with van der Waals surface area (Å²) in [6.45, 7) is 5.88. The lowest BCUT2D eigenvalue weighted by Crippen LogP contribution is -2.16. The maximum Gasteiger partial charge on any atom is 0.264 e. The number of hydrogen-bond acceptors (Lipinski definition) is 5. The molecule has 0 saturated heterocycles. The standard InChI is InChI=1S/C16H16ClN3O3S/c1-9(2)11-6-4-5-10(3)14(11)20-24(21,22)13-8-7-12(17)15-16(13)19-23-18-15/h4-9,20H,1-3H3. The second kappa shape index (κ2) is 6.07. The van der Waals surface area contributed by atoms with E-state index in [0.29, 0.717) is 5.69 Å². The van der Waals surface area contributed by atoms with Crippen LogP contribution in [0, 0.1) is 6.92 Å². The van der Waals surface area contributed by atoms with Gasteiger partial charge in [-0.1, -0.05) is 43.6 Å². The van der Waals surface area contributed by atoms with Gasteiger partial charge in [0.15, 0.2) is 11.0 Å². The Labute approximate surface area is 144 Å². The van der Waals surface area contributed by atoms with Gasteiger partial charge in [-0.2, -0.15) is 0 Å². The molecule has 6 nitrogen and oxygen atoms in total. The molecule has 0 fully saturated rings. The summed E-state index contributed by atoms with van der Waals surface area (Å²) in [5.74, 6) is 0.168. The number of aromatic nitrogens is 2. The molecule has 8 heteroatoms. The first-order valence-electron chi connectivity index (χ1n) is 7.34. The van der Waals surface area contributed by atoms with Crippen molar-refractivity contribution >= 4 is 38.3 Å². The molecule has 0 radical (unpaired) electrons. The van der Waals surface area contributed by atoms with Gasteiger partial charge in [0.05, 0.1) is 10.7 Å². The van der Waals surface area contributed by atoms with Crippen LogP contribution in [-0.4, -0.2) is 18.7 Å². The minimum Gasteiger partial charge on any atom is -0.279 e. The first kappa shape index (κ1) is 16.7. The van der Waals surface area contributed by atoms with Crippen LogP contribution in [0.15, 0.2) is 39.9 Å². The van der Waals surface area contributed by atoms with E-state index in [1.54, 1.807) is 0 Å². The summed E-state index contributed by atoms with van der Waals surface area (Å²) in [5, 5.41) is 7.61. The van der Waals surface area contributed by atoms with Crippen molar-refractivity contribution in [1.29, 1.82) is 0 Å². The third kappa shape index (κ3) is 2.85. The van der Waals surface area contributed by atoms with Gasteiger partial charge in [0.2, 0.25) is 0 Å². The summed E-state index contributed by atoms with van der Waals surface area (Å²) in [7, 11) is -3.88. The molecule has 0 spiro atoms. The molecule has 24 heavy (non-hydrogen) atoms. The van der Waals surface area contributed by atoms with Gasteiger partial charge in [0, 0.05) is 0 Å². The zero-order valence-corrected chi connectivity index (χ0v) is 14.9. The van der Waals surface area contributed by atoms with Crippen LogP contribution in [0.4, 0.5) is 5.69 Å². The number of hydrogen-bond donors (Lipinski definition) is 1. The molecule has 0 bridgehead atoms. The van der Waals surface area contributed by atoms with Gasteiger partial charge in [0.25, 0.3) is 10.0 Å². The number of aryl methyl sites for hydroxylation is 1. The summed E-state index contributed by atoms with van der Waals surface area (Å²) < 4.78 is 33.1. The first-order chi connectivity index (χ1) is 11.3. The SMILES string of the molecule is Cc1cccc(C(C)C)c1NS(=O)(=O)c1ccc(Cl)c2nonc12. The molecule has 3 rings (SSSR count). The predicted octanol–water partition coefficient (Wildman–Crippen LogP) is 4.11. The number of para-hydroxylation sites is 1. The Morgan fingerprint density at radius 3 is 2.54 bits per heavy atom. The average Bonchev–Trinajstić information content (AvgIpc) is 2.99. The molecule has 2 aromatic carbocycles. The fourth-order valence-corrected chi connectivity index (χ4v) is 4.01. The Balaban J connectivity index is 2.13. The highest BCUT2D eigenvalue weighted by Gasteiger charge is 2.24. The Bertz CT molecular complexity index is 1010. The van der Waals surface area contributed by atoms with E-state index in [1.165, 1.54) is 12.1 Å². The molecule has 1 aromatic heterocycles. The van der Waals surface area contributed by atoms with Crippen molar-refractivity contribution in [2.24, 2.45) is 0 Å². The van der Waals surface area contributed by atoms with Crippen LogP contribution >= 0.6 is 11.6 Å². The maximum absolute atomic E-state index is 12.9. The molecular formula is C16H16ClN3O3S. The summed E-state index contributed by atoms with van der Waals surface area (Å²) in [4.78, 5) is -0.0268. The number of halogens is 1. The average molecular weight is 366 g/mol. The number of nitrogens with one attached hydrogen (secondary N) is 1. The van der Waals surface area contributed by atoms with E-state index < -0.39 is 10.0 Å². The monoisotopic (exact) mass is 365 g/mol. The highest BCUT2D eigenvalue weighted by atomic mass is 35.5. The number of rotatable bonds is 4. The van der Waals surface area contributed by atoms with Crippen molar-refractivity contribution in [3.63, 3.8) is 0 Å². The molecule has 0 atom stereocenters. The second-order valence-corrected chi connectivity index (χ2v) is 7.86. The van der Waals surface area contributed by atoms with Crippen molar-refractivity contribution in [2.45, 2.75) is 31.6 Å². The third-order valence-corrected chi connectivity index (χ3v) is 5.47. The summed E-state index contributed by atoms with van der Waals surface area (Å²) in [6.07, 6.45) is 0. The van der Waals surface area contributed by atoms with E-state index >= 15 is 0 Å². The largest absolute Gasteiger partial charge is 0.279 e. The minimum absolute atomic E-state index is 0.0268. The zero-order chi connectivity index (χ0) is 17.5. The Morgan fingerprint density at radius 1 is 1.12 bits per heavy atom. The summed E-state index contributed by atoms with van der Waals surface area (Å²) in [5.41, 5.74) is 2.66. The van der Waals surface area contributed by atoms with Crippen LogP contribution in [0.1, 0.15) is 30.9 Å². The van der Waals surface area contributed by atoms with E-state index in [4.69, 9.17) is 11.6 Å². The van der Waals surface area contributed by atoms with E-state index in [2.05, 4.69) is 19.7 Å². The topological polar surface area (TPSA) is 85.1 Å². The molecule has 1 N–H and O–H groups in total. The Hall–Kier alpha value is -2.12. The van der Waals surface area contributed by atoms with Gasteiger partial charge in [-0.3, -0.25) is 4.72 Å². The molecular weight excluding hydrogens is 350 g/mol. The highest BCUT2D eigenvalue weighted by molar-refractivity contribution is 7.93. The highest BCUT2D eigenvalue weighted by Crippen LogP contribution is 2.32. The van der Waals surface area contributed by atoms with E-state index in [1.807, 2.05) is 39.0 Å². The smallest absolute Gasteiger partial charge is 0.264 e. The van der Waals surface area contributed by atoms with E-state index in [-0.39, 0.29) is 26.9 Å². The number of benzene rings is 2. The molecule has 0 aliphatic carbocycles. The van der Waals surface area contributed by atoms with Crippen molar-refractivity contribution in [1.82, 2.24) is 10.3 Å². The van der Waals surface area contributed by atoms with Gasteiger partial charge in [-0.05, 0) is 46.4 Å². The lowest BCUT2D eigenvalue weighted by Gasteiger charge is -2.17. The van der Waals surface area contributed by atoms with Gasteiger partial charge in [-0.15, -0.1) is 0 Å². The Morgan fingerprint density at radius 2 is 1.83 bits per heavy atom. The van der Waals surface area contributed by atoms with Crippen LogP contribution in [0.2, 0.25) is 5.02 Å². The number of sulfonamides is 1. The zero-order valence-electron chi connectivity index (χ0n) is 13.4. The molecule has 3 aromatic rings. The van der Waals surface area contributed by atoms with Gasteiger partial charge in [0.1, 0.15) is 4.90 Å². The molecule has 0 saturated carbocycles. The minimum atomic E-state index is -3.88. The Kier molecular flexibility index (Phi) is 4.23. The van der Waals surface area contributed by atoms with Gasteiger partial charge >= 0.3 is 0 Å². The third-order valence-electron chi connectivity index (χ3n) is 3.78. The molecule has 0 amide bonds. The van der Waals surface area contributed by atoms with E-state index in [9.17, 15) is 8.42 Å². The lowest BCUT2D eigenvalue weighted by atomic mass is 9.99. The fourth-order valence-electron chi connectivity index (χ4n) is 2.53. The number of nitrogens with zero attached hydrogens (tertiary/aromatic N) is 2. The molecule has 0 unspecified atom stereocenters. The predicted molar refractivity (Wildman–Crippen MR) is 92.9 cm³/mol. The molecule has 0 aliphatic rings. The van der Waals surface area contributed by atoms with Gasteiger partial charge < -0.3 is 0 Å². The summed E-state index contributed by atoms with van der Waals surface area (Å²) in [6, 6.07) is 8.53. The fraction of sp³-hybridized carbons (Fsp3) is 0.250. The van der Waals surface area contributed by atoms with Gasteiger partial charge in [-0.25, -0.2) is 13.0 Å². The molecule has 0 aliphatic heterocycles. The molecule has 126 valence electrons. The summed E-state index contributed by atoms with van der Waals surface area (Å²) >= 11 is 5.99. The van der Waals surface area contributed by atoms with Crippen molar-refractivity contribution < 1.29 is 13.0 Å². The number of anilines is 1. The van der Waals surface area contributed by atoms with Crippen LogP contribution in [0.25, 0.3) is 11.0 Å². The van der Waals surface area contributed by atoms with Crippen molar-refractivity contribution in [3.8, 4) is 0 Å². The maximum atomic E-state index is 12.9. The van der Waals surface area contributed by atoms with Crippen molar-refractivity contribution in [2.75, 3.05) is 4.72 Å². The van der Waals surface area contributed by atoms with Crippen LogP contribution < -0.4 is 4.72 Å².